The van der Waals surface area contributed by atoms with E-state index in [9.17, 15) is 9.59 Å². The number of amides is 1. The van der Waals surface area contributed by atoms with Gasteiger partial charge in [-0.05, 0) is 47.0 Å². The number of rotatable bonds is 3. The summed E-state index contributed by atoms with van der Waals surface area (Å²) in [6.45, 7) is 9.93. The van der Waals surface area contributed by atoms with Gasteiger partial charge in [-0.3, -0.25) is 14.2 Å². The highest BCUT2D eigenvalue weighted by Crippen LogP contribution is 2.18. The molecule has 0 atom stereocenters. The maximum atomic E-state index is 12.8. The Hall–Kier alpha value is -2.18. The van der Waals surface area contributed by atoms with Crippen molar-refractivity contribution in [3.05, 3.63) is 22.4 Å². The van der Waals surface area contributed by atoms with Crippen molar-refractivity contribution >= 4 is 16.9 Å². The molecule has 3 rings (SSSR count). The molecule has 25 heavy (non-hydrogen) atoms. The van der Waals surface area contributed by atoms with Crippen molar-refractivity contribution in [3.8, 4) is 0 Å². The Bertz CT molecular complexity index is 837. The van der Waals surface area contributed by atoms with Crippen LogP contribution in [0.15, 0.2) is 11.0 Å². The molecule has 0 saturated carbocycles. The van der Waals surface area contributed by atoms with Crippen LogP contribution >= 0.6 is 0 Å². The smallest absolute Gasteiger partial charge is 0.264 e. The molecule has 2 aromatic rings. The van der Waals surface area contributed by atoms with Gasteiger partial charge >= 0.3 is 0 Å². The number of aryl methyl sites for hydroxylation is 1. The summed E-state index contributed by atoms with van der Waals surface area (Å²) in [6.07, 6.45) is 5.26. The molecule has 2 aromatic heterocycles. The zero-order chi connectivity index (χ0) is 18.2. The van der Waals surface area contributed by atoms with Gasteiger partial charge in [-0.1, -0.05) is 0 Å². The summed E-state index contributed by atoms with van der Waals surface area (Å²) in [4.78, 5) is 31.7. The number of hydrogen-bond acceptors (Lipinski definition) is 4. The minimum Gasteiger partial charge on any atom is -0.343 e. The summed E-state index contributed by atoms with van der Waals surface area (Å²) in [7, 11) is 0. The van der Waals surface area contributed by atoms with Gasteiger partial charge in [0.25, 0.3) is 5.56 Å². The summed E-state index contributed by atoms with van der Waals surface area (Å²) in [5.74, 6) is 0.742. The molecule has 1 amide bonds. The average molecular weight is 345 g/mol. The summed E-state index contributed by atoms with van der Waals surface area (Å²) in [5, 5.41) is 4.85. The lowest BCUT2D eigenvalue weighted by Gasteiger charge is -2.27. The van der Waals surface area contributed by atoms with Gasteiger partial charge in [0.05, 0.1) is 11.7 Å². The van der Waals surface area contributed by atoms with Crippen LogP contribution in [0.1, 0.15) is 52.3 Å². The van der Waals surface area contributed by atoms with E-state index >= 15 is 0 Å². The second-order valence-corrected chi connectivity index (χ2v) is 7.77. The molecule has 3 heterocycles. The van der Waals surface area contributed by atoms with E-state index < -0.39 is 0 Å². The Balaban J connectivity index is 1.85. The number of piperidine rings is 1. The second kappa shape index (κ2) is 6.61. The number of nitrogens with zero attached hydrogens (tertiary/aromatic N) is 5. The van der Waals surface area contributed by atoms with E-state index in [1.54, 1.807) is 15.4 Å². The summed E-state index contributed by atoms with van der Waals surface area (Å²) >= 11 is 0. The van der Waals surface area contributed by atoms with Crippen LogP contribution in [0.2, 0.25) is 0 Å². The Kier molecular flexibility index (Phi) is 4.67. The normalized spacial score (nSPS) is 15.8. The van der Waals surface area contributed by atoms with E-state index in [0.29, 0.717) is 29.8 Å². The van der Waals surface area contributed by atoms with Gasteiger partial charge in [-0.25, -0.2) is 9.67 Å². The van der Waals surface area contributed by atoms with Crippen molar-refractivity contribution in [1.82, 2.24) is 24.2 Å². The molecule has 0 aliphatic carbocycles. The van der Waals surface area contributed by atoms with Crippen molar-refractivity contribution in [2.75, 3.05) is 13.1 Å². The Morgan fingerprint density at radius 2 is 1.88 bits per heavy atom. The molecule has 0 radical (unpaired) electrons. The van der Waals surface area contributed by atoms with E-state index in [1.165, 1.54) is 6.42 Å². The third-order valence-electron chi connectivity index (χ3n) is 4.77. The first-order chi connectivity index (χ1) is 11.8. The highest BCUT2D eigenvalue weighted by molar-refractivity contribution is 5.76. The minimum absolute atomic E-state index is 0.121. The SMILES string of the molecule is Cc1nc2c(cnn2C(C)(C)C)c(=O)n1CCC(=O)N1CCCCC1. The van der Waals surface area contributed by atoms with E-state index in [1.807, 2.05) is 32.6 Å². The molecule has 1 aliphatic heterocycles. The van der Waals surface area contributed by atoms with Crippen molar-refractivity contribution in [3.63, 3.8) is 0 Å². The fourth-order valence-corrected chi connectivity index (χ4v) is 3.37. The number of hydrogen-bond donors (Lipinski definition) is 0. The molecule has 0 bridgehead atoms. The van der Waals surface area contributed by atoms with Crippen molar-refractivity contribution in [2.24, 2.45) is 0 Å². The molecule has 1 saturated heterocycles. The third-order valence-corrected chi connectivity index (χ3v) is 4.77. The largest absolute Gasteiger partial charge is 0.343 e. The first-order valence-electron chi connectivity index (χ1n) is 9.02. The number of carbonyl (C=O) groups is 1. The maximum Gasteiger partial charge on any atom is 0.264 e. The molecule has 7 heteroatoms. The van der Waals surface area contributed by atoms with Crippen LogP contribution in [-0.2, 0) is 16.9 Å². The monoisotopic (exact) mass is 345 g/mol. The Labute approximate surface area is 147 Å². The molecule has 7 nitrogen and oxygen atoms in total. The van der Waals surface area contributed by atoms with Gasteiger partial charge in [-0.2, -0.15) is 5.10 Å². The van der Waals surface area contributed by atoms with Crippen molar-refractivity contribution in [2.45, 2.75) is 65.5 Å². The third kappa shape index (κ3) is 3.45. The van der Waals surface area contributed by atoms with E-state index in [0.717, 1.165) is 25.9 Å². The molecule has 1 fully saturated rings. The summed E-state index contributed by atoms with van der Waals surface area (Å²) in [5.41, 5.74) is 0.238. The van der Waals surface area contributed by atoms with Gasteiger partial charge in [0.2, 0.25) is 5.91 Å². The number of aromatic nitrogens is 4. The van der Waals surface area contributed by atoms with E-state index in [-0.39, 0.29) is 17.0 Å². The fourth-order valence-electron chi connectivity index (χ4n) is 3.37. The first kappa shape index (κ1) is 17.6. The highest BCUT2D eigenvalue weighted by Gasteiger charge is 2.22. The molecular formula is C18H27N5O2. The van der Waals surface area contributed by atoms with Crippen LogP contribution in [-0.4, -0.2) is 43.2 Å². The Morgan fingerprint density at radius 3 is 2.52 bits per heavy atom. The second-order valence-electron chi connectivity index (χ2n) is 7.77. The molecule has 1 aliphatic rings. The van der Waals surface area contributed by atoms with Crippen LogP contribution < -0.4 is 5.56 Å². The molecular weight excluding hydrogens is 318 g/mol. The van der Waals surface area contributed by atoms with Crippen LogP contribution in [0.25, 0.3) is 11.0 Å². The number of fused-ring (bicyclic) bond motifs is 1. The standard InChI is InChI=1S/C18H27N5O2/c1-13-20-16-14(12-19-23(16)18(2,3)4)17(25)22(13)11-8-15(24)21-9-6-5-7-10-21/h12H,5-11H2,1-4H3. The average Bonchev–Trinajstić information content (AvgIpc) is 2.99. The molecule has 0 aromatic carbocycles. The van der Waals surface area contributed by atoms with Crippen LogP contribution in [0.4, 0.5) is 0 Å². The highest BCUT2D eigenvalue weighted by atomic mass is 16.2. The van der Waals surface area contributed by atoms with E-state index in [2.05, 4.69) is 10.1 Å². The van der Waals surface area contributed by atoms with Crippen LogP contribution in [0.5, 0.6) is 0 Å². The van der Waals surface area contributed by atoms with Crippen molar-refractivity contribution < 1.29 is 4.79 Å². The zero-order valence-corrected chi connectivity index (χ0v) is 15.6. The van der Waals surface area contributed by atoms with Gasteiger partial charge in [0.15, 0.2) is 5.65 Å². The predicted octanol–water partition coefficient (Wildman–Crippen LogP) is 2.06. The molecule has 136 valence electrons. The maximum absolute atomic E-state index is 12.8. The summed E-state index contributed by atoms with van der Waals surface area (Å²) < 4.78 is 3.37. The number of carbonyl (C=O) groups excluding carboxylic acids is 1. The van der Waals surface area contributed by atoms with Gasteiger partial charge < -0.3 is 4.90 Å². The van der Waals surface area contributed by atoms with Crippen LogP contribution in [0, 0.1) is 6.92 Å². The first-order valence-corrected chi connectivity index (χ1v) is 9.02. The molecule has 0 spiro atoms. The van der Waals surface area contributed by atoms with Crippen molar-refractivity contribution in [1.29, 1.82) is 0 Å². The molecule has 0 unspecified atom stereocenters. The van der Waals surface area contributed by atoms with Gasteiger partial charge in [0, 0.05) is 26.1 Å². The van der Waals surface area contributed by atoms with Gasteiger partial charge in [-0.15, -0.1) is 0 Å². The lowest BCUT2D eigenvalue weighted by Crippen LogP contribution is -2.37. The fraction of sp³-hybridized carbons (Fsp3) is 0.667. The zero-order valence-electron chi connectivity index (χ0n) is 15.6. The minimum atomic E-state index is -0.246. The Morgan fingerprint density at radius 1 is 1.20 bits per heavy atom. The van der Waals surface area contributed by atoms with E-state index in [4.69, 9.17) is 0 Å². The summed E-state index contributed by atoms with van der Waals surface area (Å²) in [6, 6.07) is 0. The number of likely N-dealkylation sites (tertiary alicyclic amines) is 1. The quantitative estimate of drug-likeness (QED) is 0.853. The topological polar surface area (TPSA) is 73.0 Å². The molecule has 0 N–H and O–H groups in total. The predicted molar refractivity (Wildman–Crippen MR) is 96.6 cm³/mol. The lowest BCUT2D eigenvalue weighted by molar-refractivity contribution is -0.132. The van der Waals surface area contributed by atoms with Crippen LogP contribution in [0.3, 0.4) is 0 Å². The lowest BCUT2D eigenvalue weighted by atomic mass is 10.1. The van der Waals surface area contributed by atoms with Gasteiger partial charge in [0.1, 0.15) is 11.2 Å².